The van der Waals surface area contributed by atoms with E-state index in [1.54, 1.807) is 4.68 Å². The number of hydrogen-bond donors (Lipinski definition) is 2. The smallest absolute Gasteiger partial charge is 0.315 e. The zero-order chi connectivity index (χ0) is 25.0. The van der Waals surface area contributed by atoms with Crippen LogP contribution in [0.25, 0.3) is 0 Å². The first-order valence-corrected chi connectivity index (χ1v) is 10.9. The maximum atomic E-state index is 12.9. The van der Waals surface area contributed by atoms with Crippen molar-refractivity contribution in [2.24, 2.45) is 0 Å². The van der Waals surface area contributed by atoms with Gasteiger partial charge in [-0.15, -0.1) is 0 Å². The Morgan fingerprint density at radius 2 is 1.70 bits per heavy atom. The van der Waals surface area contributed by atoms with Crippen molar-refractivity contribution in [1.29, 1.82) is 0 Å². The van der Waals surface area contributed by atoms with Gasteiger partial charge < -0.3 is 15.5 Å². The monoisotopic (exact) mass is 458 g/mol. The van der Waals surface area contributed by atoms with E-state index in [4.69, 9.17) is 5.10 Å². The number of carbonyl (C=O) groups is 2. The minimum absolute atomic E-state index is 0.0668. The van der Waals surface area contributed by atoms with E-state index in [9.17, 15) is 19.7 Å². The number of benzene rings is 1. The molecule has 1 aromatic carbocycles. The summed E-state index contributed by atoms with van der Waals surface area (Å²) >= 11 is 0. The maximum Gasteiger partial charge on any atom is 0.322 e. The van der Waals surface area contributed by atoms with Gasteiger partial charge in [-0.3, -0.25) is 14.9 Å². The molecular formula is C23H34N6O4. The summed E-state index contributed by atoms with van der Waals surface area (Å²) in [6.07, 6.45) is 0.662. The molecular weight excluding hydrogens is 424 g/mol. The minimum Gasteiger partial charge on any atom is -0.315 e. The number of nitro groups is 1. The van der Waals surface area contributed by atoms with E-state index in [0.29, 0.717) is 24.5 Å². The van der Waals surface area contributed by atoms with Gasteiger partial charge in [0.05, 0.1) is 16.2 Å². The Morgan fingerprint density at radius 1 is 1.09 bits per heavy atom. The predicted octanol–water partition coefficient (Wildman–Crippen LogP) is 4.73. The zero-order valence-corrected chi connectivity index (χ0v) is 20.4. The summed E-state index contributed by atoms with van der Waals surface area (Å²) in [6, 6.07) is 6.94. The van der Waals surface area contributed by atoms with Gasteiger partial charge >= 0.3 is 6.03 Å². The van der Waals surface area contributed by atoms with E-state index < -0.39 is 11.0 Å². The zero-order valence-electron chi connectivity index (χ0n) is 20.4. The summed E-state index contributed by atoms with van der Waals surface area (Å²) in [4.78, 5) is 37.3. The van der Waals surface area contributed by atoms with Gasteiger partial charge in [0.15, 0.2) is 0 Å². The molecule has 0 aliphatic heterocycles. The molecule has 0 fully saturated rings. The largest absolute Gasteiger partial charge is 0.322 e. The lowest BCUT2D eigenvalue weighted by Crippen LogP contribution is -2.41. The van der Waals surface area contributed by atoms with E-state index in [0.717, 1.165) is 5.69 Å². The van der Waals surface area contributed by atoms with Gasteiger partial charge in [-0.1, -0.05) is 27.7 Å². The van der Waals surface area contributed by atoms with Crippen molar-refractivity contribution < 1.29 is 14.5 Å². The Kier molecular flexibility index (Phi) is 7.84. The van der Waals surface area contributed by atoms with Gasteiger partial charge in [-0.05, 0) is 39.3 Å². The van der Waals surface area contributed by atoms with Gasteiger partial charge in [0.25, 0.3) is 5.69 Å². The fourth-order valence-electron chi connectivity index (χ4n) is 3.10. The molecule has 0 spiro atoms. The molecule has 10 nitrogen and oxygen atoms in total. The molecule has 180 valence electrons. The second kappa shape index (κ2) is 10.0. The molecule has 3 amide bonds. The highest BCUT2D eigenvalue weighted by Gasteiger charge is 2.26. The quantitative estimate of drug-likeness (QED) is 0.459. The van der Waals surface area contributed by atoms with Crippen molar-refractivity contribution in [3.05, 3.63) is 46.1 Å². The van der Waals surface area contributed by atoms with Crippen LogP contribution < -0.4 is 10.6 Å². The van der Waals surface area contributed by atoms with E-state index in [-0.39, 0.29) is 29.1 Å². The standard InChI is InChI=1S/C23H34N6O4/c1-8-13-27(21(31)24-16-9-11-17(12-10-16)29(32)33)15-20(30)25-19-14-18(22(2,3)4)26-28(19)23(5,6)7/h9-12,14H,8,13,15H2,1-7H3,(H,24,31)(H,25,30). The number of anilines is 2. The van der Waals surface area contributed by atoms with E-state index in [1.165, 1.54) is 29.2 Å². The summed E-state index contributed by atoms with van der Waals surface area (Å²) in [5.74, 6) is 0.234. The van der Waals surface area contributed by atoms with Crippen molar-refractivity contribution in [1.82, 2.24) is 14.7 Å². The molecule has 0 atom stereocenters. The number of urea groups is 1. The molecule has 2 rings (SSSR count). The number of nitrogens with zero attached hydrogens (tertiary/aromatic N) is 4. The first kappa shape index (κ1) is 25.8. The molecule has 2 aromatic rings. The first-order chi connectivity index (χ1) is 15.2. The second-order valence-corrected chi connectivity index (χ2v) is 9.95. The molecule has 0 bridgehead atoms. The highest BCUT2D eigenvalue weighted by molar-refractivity contribution is 5.96. The van der Waals surface area contributed by atoms with Crippen LogP contribution in [-0.2, 0) is 15.7 Å². The number of non-ortho nitro benzene ring substituents is 1. The van der Waals surface area contributed by atoms with Crippen molar-refractivity contribution in [2.75, 3.05) is 23.7 Å². The molecule has 0 aliphatic rings. The molecule has 0 radical (unpaired) electrons. The van der Waals surface area contributed by atoms with E-state index in [2.05, 4.69) is 31.4 Å². The molecule has 0 aliphatic carbocycles. The summed E-state index contributed by atoms with van der Waals surface area (Å²) in [5, 5.41) is 21.1. The van der Waals surface area contributed by atoms with Gasteiger partial charge in [0.2, 0.25) is 5.91 Å². The predicted molar refractivity (Wildman–Crippen MR) is 129 cm³/mol. The number of nitrogens with one attached hydrogen (secondary N) is 2. The Balaban J connectivity index is 2.14. The van der Waals surface area contributed by atoms with Crippen LogP contribution in [0.1, 0.15) is 60.6 Å². The fraction of sp³-hybridized carbons (Fsp3) is 0.522. The average Bonchev–Trinajstić information content (AvgIpc) is 3.12. The lowest BCUT2D eigenvalue weighted by atomic mass is 9.92. The molecule has 0 saturated heterocycles. The number of aromatic nitrogens is 2. The van der Waals surface area contributed by atoms with Gasteiger partial charge in [0.1, 0.15) is 12.4 Å². The normalized spacial score (nSPS) is 11.7. The second-order valence-electron chi connectivity index (χ2n) is 9.95. The third kappa shape index (κ3) is 7.03. The molecule has 1 heterocycles. The molecule has 2 N–H and O–H groups in total. The summed E-state index contributed by atoms with van der Waals surface area (Å²) in [5.41, 5.74) is 0.668. The molecule has 33 heavy (non-hydrogen) atoms. The van der Waals surface area contributed by atoms with Crippen molar-refractivity contribution >= 4 is 29.1 Å². The van der Waals surface area contributed by atoms with Crippen LogP contribution in [0.2, 0.25) is 0 Å². The topological polar surface area (TPSA) is 122 Å². The van der Waals surface area contributed by atoms with Crippen LogP contribution in [0.15, 0.2) is 30.3 Å². The lowest BCUT2D eigenvalue weighted by molar-refractivity contribution is -0.384. The molecule has 10 heteroatoms. The molecule has 0 saturated carbocycles. The molecule has 0 unspecified atom stereocenters. The Labute approximate surface area is 194 Å². The third-order valence-electron chi connectivity index (χ3n) is 4.83. The van der Waals surface area contributed by atoms with Crippen LogP contribution in [-0.4, -0.2) is 44.6 Å². The highest BCUT2D eigenvalue weighted by atomic mass is 16.6. The van der Waals surface area contributed by atoms with Gasteiger partial charge in [0, 0.05) is 35.8 Å². The van der Waals surface area contributed by atoms with Crippen molar-refractivity contribution in [2.45, 2.75) is 65.8 Å². The van der Waals surface area contributed by atoms with E-state index >= 15 is 0 Å². The molecule has 1 aromatic heterocycles. The van der Waals surface area contributed by atoms with Gasteiger partial charge in [-0.2, -0.15) is 5.10 Å². The Hall–Kier alpha value is -3.43. The van der Waals surface area contributed by atoms with Crippen LogP contribution in [0.3, 0.4) is 0 Å². The lowest BCUT2D eigenvalue weighted by Gasteiger charge is -2.24. The highest BCUT2D eigenvalue weighted by Crippen LogP contribution is 2.28. The first-order valence-electron chi connectivity index (χ1n) is 10.9. The van der Waals surface area contributed by atoms with E-state index in [1.807, 2.05) is 33.8 Å². The van der Waals surface area contributed by atoms with Crippen molar-refractivity contribution in [3.8, 4) is 0 Å². The van der Waals surface area contributed by atoms with Crippen molar-refractivity contribution in [3.63, 3.8) is 0 Å². The van der Waals surface area contributed by atoms with Crippen LogP contribution in [0.5, 0.6) is 0 Å². The summed E-state index contributed by atoms with van der Waals surface area (Å²) in [7, 11) is 0. The number of rotatable bonds is 7. The average molecular weight is 459 g/mol. The SMILES string of the molecule is CCCN(CC(=O)Nc1cc(C(C)(C)C)nn1C(C)(C)C)C(=O)Nc1ccc([N+](=O)[O-])cc1. The summed E-state index contributed by atoms with van der Waals surface area (Å²) < 4.78 is 1.78. The number of amides is 3. The number of hydrogen-bond acceptors (Lipinski definition) is 5. The van der Waals surface area contributed by atoms with Crippen LogP contribution in [0, 0.1) is 10.1 Å². The minimum atomic E-state index is -0.507. The summed E-state index contributed by atoms with van der Waals surface area (Å²) in [6.45, 7) is 14.3. The van der Waals surface area contributed by atoms with Gasteiger partial charge in [-0.25, -0.2) is 9.48 Å². The van der Waals surface area contributed by atoms with Crippen LogP contribution >= 0.6 is 0 Å². The maximum absolute atomic E-state index is 12.9. The Morgan fingerprint density at radius 3 is 2.18 bits per heavy atom. The van der Waals surface area contributed by atoms with Crippen LogP contribution in [0.4, 0.5) is 22.0 Å². The Bertz CT molecular complexity index is 999. The fourth-order valence-corrected chi connectivity index (χ4v) is 3.10. The number of carbonyl (C=O) groups excluding carboxylic acids is 2. The number of nitro benzene ring substituents is 1. The third-order valence-corrected chi connectivity index (χ3v) is 4.83.